The van der Waals surface area contributed by atoms with Gasteiger partial charge in [0.05, 0.1) is 11.1 Å². The molecule has 16 heteroatoms. The summed E-state index contributed by atoms with van der Waals surface area (Å²) < 4.78 is 173. The molecule has 0 atom stereocenters. The predicted octanol–water partition coefficient (Wildman–Crippen LogP) is 9.50. The van der Waals surface area contributed by atoms with Crippen molar-refractivity contribution in [3.63, 3.8) is 0 Å². The van der Waals surface area contributed by atoms with Crippen LogP contribution in [0.4, 0.5) is 52.7 Å². The number of hydrogen-bond donors (Lipinski definition) is 2. The van der Waals surface area contributed by atoms with Crippen LogP contribution in [0.3, 0.4) is 0 Å². The topological polar surface area (TPSA) is 74.6 Å². The first kappa shape index (κ1) is 36.8. The number of hydrogen-bond acceptors (Lipinski definition) is 2. The van der Waals surface area contributed by atoms with Crippen LogP contribution in [0.2, 0.25) is 0 Å². The molecule has 4 rings (SSSR count). The third kappa shape index (κ3) is 6.31. The van der Waals surface area contributed by atoms with Gasteiger partial charge in [-0.1, -0.05) is 72.8 Å². The van der Waals surface area contributed by atoms with Crippen LogP contribution >= 0.6 is 0 Å². The van der Waals surface area contributed by atoms with Crippen LogP contribution in [0.1, 0.15) is 54.1 Å². The number of carboxylic acid groups (broad SMARTS) is 2. The molecule has 0 aliphatic rings. The standard InChI is InChI=1S/C33H20F12O4/c34-30(35,36)28(31(37,38)39,24-13-5-20(6-14-24)26(46)47)22-9-1-18(2-10-22)17-19-3-11-23(12-4-19)29(32(40,41)42,33(43,44)45)25-15-7-21(8-16-25)27(48)49/h1-16H,17H2,(H,46,47)(H,48,49). The van der Waals surface area contributed by atoms with Gasteiger partial charge in [0.1, 0.15) is 0 Å². The second-order valence-corrected chi connectivity index (χ2v) is 10.8. The summed E-state index contributed by atoms with van der Waals surface area (Å²) in [6.07, 6.45) is -24.3. The third-order valence-electron chi connectivity index (χ3n) is 8.01. The van der Waals surface area contributed by atoms with E-state index in [0.29, 0.717) is 72.8 Å². The van der Waals surface area contributed by atoms with E-state index < -0.39 is 80.9 Å². The molecule has 0 amide bonds. The van der Waals surface area contributed by atoms with Crippen molar-refractivity contribution in [2.75, 3.05) is 0 Å². The maximum Gasteiger partial charge on any atom is 0.411 e. The Balaban J connectivity index is 1.74. The lowest BCUT2D eigenvalue weighted by molar-refractivity contribution is -0.290. The Bertz CT molecular complexity index is 1640. The van der Waals surface area contributed by atoms with E-state index >= 15 is 0 Å². The molecule has 0 aliphatic heterocycles. The van der Waals surface area contributed by atoms with Crippen molar-refractivity contribution in [3.8, 4) is 0 Å². The number of rotatable bonds is 8. The van der Waals surface area contributed by atoms with Gasteiger partial charge in [-0.15, -0.1) is 0 Å². The van der Waals surface area contributed by atoms with E-state index in [4.69, 9.17) is 10.2 Å². The van der Waals surface area contributed by atoms with Gasteiger partial charge in [-0.2, -0.15) is 52.7 Å². The summed E-state index contributed by atoms with van der Waals surface area (Å²) in [6, 6.07) is 9.49. The monoisotopic (exact) mass is 708 g/mol. The second-order valence-electron chi connectivity index (χ2n) is 10.8. The van der Waals surface area contributed by atoms with Gasteiger partial charge in [0.15, 0.2) is 0 Å². The summed E-state index contributed by atoms with van der Waals surface area (Å²) >= 11 is 0. The van der Waals surface area contributed by atoms with Gasteiger partial charge in [0, 0.05) is 0 Å². The van der Waals surface area contributed by atoms with Crippen molar-refractivity contribution >= 4 is 11.9 Å². The zero-order valence-electron chi connectivity index (χ0n) is 24.2. The molecule has 0 saturated carbocycles. The van der Waals surface area contributed by atoms with Gasteiger partial charge in [0.25, 0.3) is 0 Å². The lowest BCUT2D eigenvalue weighted by Crippen LogP contribution is -2.54. The average molecular weight is 708 g/mol. The van der Waals surface area contributed by atoms with E-state index in [1.54, 1.807) is 0 Å². The van der Waals surface area contributed by atoms with Crippen LogP contribution in [0.5, 0.6) is 0 Å². The SMILES string of the molecule is O=C(O)c1ccc(C(c2ccc(Cc3ccc(C(c4ccc(C(=O)O)cc4)(C(F)(F)F)C(F)(F)F)cc3)cc2)(C(F)(F)F)C(F)(F)F)cc1. The van der Waals surface area contributed by atoms with E-state index in [2.05, 4.69) is 0 Å². The second kappa shape index (κ2) is 12.5. The molecule has 0 bridgehead atoms. The predicted molar refractivity (Wildman–Crippen MR) is 148 cm³/mol. The van der Waals surface area contributed by atoms with Gasteiger partial charge < -0.3 is 10.2 Å². The minimum absolute atomic E-state index is 0.0399. The fourth-order valence-corrected chi connectivity index (χ4v) is 5.67. The Labute approximate surface area is 268 Å². The zero-order chi connectivity index (χ0) is 36.8. The largest absolute Gasteiger partial charge is 0.478 e. The number of benzene rings is 4. The van der Waals surface area contributed by atoms with Gasteiger partial charge in [-0.3, -0.25) is 0 Å². The molecule has 0 unspecified atom stereocenters. The molecule has 0 radical (unpaired) electrons. The highest BCUT2D eigenvalue weighted by Crippen LogP contribution is 2.57. The Morgan fingerprint density at radius 3 is 0.776 bits per heavy atom. The highest BCUT2D eigenvalue weighted by molar-refractivity contribution is 5.88. The maximum absolute atomic E-state index is 14.4. The molecular formula is C33H20F12O4. The molecule has 0 aliphatic carbocycles. The summed E-state index contributed by atoms with van der Waals surface area (Å²) in [4.78, 5) is 22.2. The number of carboxylic acids is 2. The van der Waals surface area contributed by atoms with Gasteiger partial charge in [0.2, 0.25) is 10.8 Å². The van der Waals surface area contributed by atoms with Crippen molar-refractivity contribution in [2.45, 2.75) is 42.0 Å². The number of halogens is 12. The highest BCUT2D eigenvalue weighted by atomic mass is 19.4. The highest BCUT2D eigenvalue weighted by Gasteiger charge is 2.73. The zero-order valence-corrected chi connectivity index (χ0v) is 24.2. The molecule has 0 fully saturated rings. The number of alkyl halides is 12. The molecule has 260 valence electrons. The Morgan fingerprint density at radius 2 is 0.592 bits per heavy atom. The third-order valence-corrected chi connectivity index (χ3v) is 8.01. The van der Waals surface area contributed by atoms with E-state index in [0.717, 1.165) is 24.3 Å². The van der Waals surface area contributed by atoms with Crippen molar-refractivity contribution in [1.82, 2.24) is 0 Å². The summed E-state index contributed by atoms with van der Waals surface area (Å²) in [5, 5.41) is 18.0. The molecule has 0 saturated heterocycles. The molecule has 2 N–H and O–H groups in total. The molecule has 0 aromatic heterocycles. The number of aromatic carboxylic acids is 2. The van der Waals surface area contributed by atoms with Gasteiger partial charge in [-0.05, 0) is 64.1 Å². The van der Waals surface area contributed by atoms with E-state index in [1.807, 2.05) is 0 Å². The Hall–Kier alpha value is -5.02. The molecule has 0 heterocycles. The Kier molecular flexibility index (Phi) is 9.36. The molecule has 0 spiro atoms. The van der Waals surface area contributed by atoms with Crippen LogP contribution in [0, 0.1) is 0 Å². The lowest BCUT2D eigenvalue weighted by Gasteiger charge is -2.38. The minimum atomic E-state index is -5.98. The quantitative estimate of drug-likeness (QED) is 0.179. The van der Waals surface area contributed by atoms with Gasteiger partial charge >= 0.3 is 36.6 Å². The van der Waals surface area contributed by atoms with Crippen LogP contribution in [0.15, 0.2) is 97.1 Å². The van der Waals surface area contributed by atoms with E-state index in [1.165, 1.54) is 0 Å². The van der Waals surface area contributed by atoms with E-state index in [-0.39, 0.29) is 17.5 Å². The lowest BCUT2D eigenvalue weighted by atomic mass is 9.72. The number of carbonyl (C=O) groups is 2. The van der Waals surface area contributed by atoms with Crippen molar-refractivity contribution in [2.24, 2.45) is 0 Å². The van der Waals surface area contributed by atoms with Gasteiger partial charge in [-0.25, -0.2) is 9.59 Å². The van der Waals surface area contributed by atoms with E-state index in [9.17, 15) is 62.3 Å². The molecule has 49 heavy (non-hydrogen) atoms. The van der Waals surface area contributed by atoms with Crippen molar-refractivity contribution < 1.29 is 72.5 Å². The Morgan fingerprint density at radius 1 is 0.388 bits per heavy atom. The first-order valence-corrected chi connectivity index (χ1v) is 13.6. The van der Waals surface area contributed by atoms with Crippen LogP contribution < -0.4 is 0 Å². The first-order valence-electron chi connectivity index (χ1n) is 13.6. The minimum Gasteiger partial charge on any atom is -0.478 e. The maximum atomic E-state index is 14.4. The van der Waals surface area contributed by atoms with Crippen molar-refractivity contribution in [1.29, 1.82) is 0 Å². The smallest absolute Gasteiger partial charge is 0.411 e. The summed E-state index contributed by atoms with van der Waals surface area (Å²) in [5.74, 6) is -3.18. The molecule has 4 aromatic carbocycles. The van der Waals surface area contributed by atoms with Crippen LogP contribution in [-0.2, 0) is 17.3 Å². The fraction of sp³-hybridized carbons (Fsp3) is 0.212. The average Bonchev–Trinajstić information content (AvgIpc) is 2.97. The van der Waals surface area contributed by atoms with Crippen LogP contribution in [-0.4, -0.2) is 46.9 Å². The summed E-state index contributed by atoms with van der Waals surface area (Å²) in [6.45, 7) is 0. The molecular weight excluding hydrogens is 688 g/mol. The molecule has 4 nitrogen and oxygen atoms in total. The normalized spacial score (nSPS) is 13.3. The summed E-state index contributed by atoms with van der Waals surface area (Å²) in [5.41, 5.74) is -15.5. The van der Waals surface area contributed by atoms with Crippen LogP contribution in [0.25, 0.3) is 0 Å². The van der Waals surface area contributed by atoms with Crippen molar-refractivity contribution in [3.05, 3.63) is 142 Å². The summed E-state index contributed by atoms with van der Waals surface area (Å²) in [7, 11) is 0. The molecule has 4 aromatic rings. The fourth-order valence-electron chi connectivity index (χ4n) is 5.67. The first-order chi connectivity index (χ1) is 22.5.